The number of hydrogen-bond acceptors (Lipinski definition) is 5. The number of amides is 2. The van der Waals surface area contributed by atoms with Crippen LogP contribution in [-0.2, 0) is 6.61 Å². The molecule has 2 N–H and O–H groups in total. The number of imidazole rings is 1. The lowest BCUT2D eigenvalue weighted by atomic mass is 9.86. The molecule has 1 fully saturated rings. The Bertz CT molecular complexity index is 1350. The number of halogens is 2. The Morgan fingerprint density at radius 3 is 2.55 bits per heavy atom. The fraction of sp³-hybridized carbons (Fsp3) is 0.444. The van der Waals surface area contributed by atoms with Gasteiger partial charge in [-0.05, 0) is 43.0 Å². The van der Waals surface area contributed by atoms with E-state index in [0.717, 1.165) is 17.7 Å². The van der Waals surface area contributed by atoms with Crippen molar-refractivity contribution in [3.8, 4) is 5.75 Å². The molecule has 4 rings (SSSR count). The molecular weight excluding hydrogens is 514 g/mol. The van der Waals surface area contributed by atoms with Crippen molar-refractivity contribution in [2.45, 2.75) is 52.5 Å². The number of carbonyl (C=O) groups is 2. The highest BCUT2D eigenvalue weighted by atomic mass is 32.2. The molecular formula is C27H32F2N4O4S. The molecule has 1 aliphatic heterocycles. The van der Waals surface area contributed by atoms with Crippen LogP contribution in [0, 0.1) is 30.9 Å². The quantitative estimate of drug-likeness (QED) is 0.449. The van der Waals surface area contributed by atoms with Gasteiger partial charge in [-0.15, -0.1) is 0 Å². The standard InChI is InChI=1S/C27H32F2N4O4S/c1-15-11-21(37-14-17-18(28)7-6-8-19(17)29)24-31-16(2)22(33(24)13-15)25(34)30-12-20-23(27(3,4)5)38-10-9-32(20)26(35)36/h6-8,11,13,20,23H,9-10,12,14H2,1-5H3,(H,30,34)(H,35,36). The average molecular weight is 547 g/mol. The van der Waals surface area contributed by atoms with Crippen molar-refractivity contribution in [1.29, 1.82) is 0 Å². The van der Waals surface area contributed by atoms with Crippen molar-refractivity contribution in [2.24, 2.45) is 5.41 Å². The lowest BCUT2D eigenvalue weighted by Crippen LogP contribution is -2.58. The minimum absolute atomic E-state index is 0.00282. The summed E-state index contributed by atoms with van der Waals surface area (Å²) in [7, 11) is 0. The first-order valence-electron chi connectivity index (χ1n) is 12.3. The van der Waals surface area contributed by atoms with Crippen LogP contribution >= 0.6 is 11.8 Å². The first-order valence-corrected chi connectivity index (χ1v) is 13.4. The molecule has 8 nitrogen and oxygen atoms in total. The van der Waals surface area contributed by atoms with Crippen molar-refractivity contribution < 1.29 is 28.2 Å². The van der Waals surface area contributed by atoms with Crippen LogP contribution in [0.4, 0.5) is 13.6 Å². The van der Waals surface area contributed by atoms with E-state index in [9.17, 15) is 23.5 Å². The van der Waals surface area contributed by atoms with Gasteiger partial charge in [-0.3, -0.25) is 9.20 Å². The second-order valence-electron chi connectivity index (χ2n) is 10.5. The Labute approximate surface area is 224 Å². The Morgan fingerprint density at radius 1 is 1.24 bits per heavy atom. The SMILES string of the molecule is Cc1cc(OCc2c(F)cccc2F)c2nc(C)c(C(=O)NCC3C(C(C)(C)C)SCCN3C(=O)O)n2c1. The van der Waals surface area contributed by atoms with Gasteiger partial charge in [-0.2, -0.15) is 11.8 Å². The Balaban J connectivity index is 1.60. The summed E-state index contributed by atoms with van der Waals surface area (Å²) in [5, 5.41) is 12.7. The van der Waals surface area contributed by atoms with Crippen LogP contribution < -0.4 is 10.1 Å². The van der Waals surface area contributed by atoms with Crippen LogP contribution in [0.25, 0.3) is 5.65 Å². The fourth-order valence-corrected chi connectivity index (χ4v) is 6.36. The predicted octanol–water partition coefficient (Wildman–Crippen LogP) is 5.05. The van der Waals surface area contributed by atoms with Gasteiger partial charge in [-0.25, -0.2) is 18.6 Å². The van der Waals surface area contributed by atoms with Gasteiger partial charge in [0.25, 0.3) is 5.91 Å². The van der Waals surface area contributed by atoms with Crippen LogP contribution in [0.2, 0.25) is 0 Å². The Kier molecular flexibility index (Phi) is 7.87. The van der Waals surface area contributed by atoms with Crippen molar-refractivity contribution in [3.63, 3.8) is 0 Å². The molecule has 0 radical (unpaired) electrons. The van der Waals surface area contributed by atoms with Gasteiger partial charge in [0.05, 0.1) is 17.3 Å². The number of carbonyl (C=O) groups excluding carboxylic acids is 1. The Morgan fingerprint density at radius 2 is 1.92 bits per heavy atom. The monoisotopic (exact) mass is 546 g/mol. The lowest BCUT2D eigenvalue weighted by Gasteiger charge is -2.45. The number of nitrogens with zero attached hydrogens (tertiary/aromatic N) is 3. The molecule has 1 saturated heterocycles. The second kappa shape index (κ2) is 10.8. The normalized spacial score (nSPS) is 18.0. The maximum absolute atomic E-state index is 14.1. The van der Waals surface area contributed by atoms with Gasteiger partial charge >= 0.3 is 6.09 Å². The van der Waals surface area contributed by atoms with E-state index in [-0.39, 0.29) is 40.8 Å². The molecule has 3 heterocycles. The number of ether oxygens (including phenoxy) is 1. The number of aryl methyl sites for hydroxylation is 2. The molecule has 0 spiro atoms. The van der Waals surface area contributed by atoms with Gasteiger partial charge in [0.15, 0.2) is 11.4 Å². The molecule has 11 heteroatoms. The number of pyridine rings is 1. The van der Waals surface area contributed by atoms with E-state index >= 15 is 0 Å². The summed E-state index contributed by atoms with van der Waals surface area (Å²) >= 11 is 1.72. The van der Waals surface area contributed by atoms with Crippen LogP contribution in [0.3, 0.4) is 0 Å². The Hall–Kier alpha value is -3.34. The molecule has 204 valence electrons. The number of benzene rings is 1. The summed E-state index contributed by atoms with van der Waals surface area (Å²) in [5.74, 6) is -0.844. The van der Waals surface area contributed by atoms with Gasteiger partial charge < -0.3 is 20.1 Å². The minimum Gasteiger partial charge on any atom is -0.485 e. The molecule has 1 aliphatic rings. The van der Waals surface area contributed by atoms with Crippen molar-refractivity contribution in [1.82, 2.24) is 19.6 Å². The van der Waals surface area contributed by atoms with Crippen molar-refractivity contribution in [2.75, 3.05) is 18.8 Å². The largest absolute Gasteiger partial charge is 0.485 e. The number of carboxylic acid groups (broad SMARTS) is 1. The summed E-state index contributed by atoms with van der Waals surface area (Å²) < 4.78 is 35.6. The molecule has 2 amide bonds. The van der Waals surface area contributed by atoms with E-state index in [4.69, 9.17) is 4.74 Å². The molecule has 2 unspecified atom stereocenters. The van der Waals surface area contributed by atoms with E-state index < -0.39 is 29.7 Å². The van der Waals surface area contributed by atoms with E-state index in [2.05, 4.69) is 31.1 Å². The zero-order chi connectivity index (χ0) is 27.8. The minimum atomic E-state index is -1.01. The summed E-state index contributed by atoms with van der Waals surface area (Å²) in [6, 6.07) is 4.91. The molecule has 2 atom stereocenters. The van der Waals surface area contributed by atoms with Crippen LogP contribution in [-0.4, -0.2) is 61.5 Å². The maximum Gasteiger partial charge on any atom is 0.407 e. The molecule has 0 bridgehead atoms. The van der Waals surface area contributed by atoms with Crippen LogP contribution in [0.1, 0.15) is 48.1 Å². The number of nitrogens with one attached hydrogen (secondary N) is 1. The van der Waals surface area contributed by atoms with E-state index in [0.29, 0.717) is 23.6 Å². The van der Waals surface area contributed by atoms with Gasteiger partial charge in [0.1, 0.15) is 23.9 Å². The maximum atomic E-state index is 14.1. The van der Waals surface area contributed by atoms with Crippen LogP contribution in [0.5, 0.6) is 5.75 Å². The number of hydrogen-bond donors (Lipinski definition) is 2. The number of rotatable bonds is 6. The highest BCUT2D eigenvalue weighted by Gasteiger charge is 2.41. The lowest BCUT2D eigenvalue weighted by molar-refractivity contribution is 0.0888. The summed E-state index contributed by atoms with van der Waals surface area (Å²) in [6.07, 6.45) is 0.729. The number of aromatic nitrogens is 2. The zero-order valence-corrected chi connectivity index (χ0v) is 22.9. The number of thioether (sulfide) groups is 1. The van der Waals surface area contributed by atoms with Crippen molar-refractivity contribution in [3.05, 3.63) is 64.6 Å². The first kappa shape index (κ1) is 27.7. The van der Waals surface area contributed by atoms with E-state index in [1.165, 1.54) is 11.0 Å². The van der Waals surface area contributed by atoms with Crippen LogP contribution in [0.15, 0.2) is 30.5 Å². The van der Waals surface area contributed by atoms with E-state index in [1.807, 2.05) is 6.92 Å². The van der Waals surface area contributed by atoms with Gasteiger partial charge in [0.2, 0.25) is 0 Å². The number of fused-ring (bicyclic) bond motifs is 1. The van der Waals surface area contributed by atoms with Crippen molar-refractivity contribution >= 4 is 29.4 Å². The first-order chi connectivity index (χ1) is 17.9. The fourth-order valence-electron chi connectivity index (χ4n) is 4.84. The molecule has 3 aromatic rings. The molecule has 0 aliphatic carbocycles. The molecule has 38 heavy (non-hydrogen) atoms. The second-order valence-corrected chi connectivity index (χ2v) is 11.8. The van der Waals surface area contributed by atoms with E-state index in [1.54, 1.807) is 35.3 Å². The third-order valence-electron chi connectivity index (χ3n) is 6.60. The highest BCUT2D eigenvalue weighted by molar-refractivity contribution is 8.00. The smallest absolute Gasteiger partial charge is 0.407 e. The third kappa shape index (κ3) is 5.57. The topological polar surface area (TPSA) is 96.2 Å². The average Bonchev–Trinajstić information content (AvgIpc) is 3.16. The summed E-state index contributed by atoms with van der Waals surface area (Å²) in [4.78, 5) is 31.3. The van der Waals surface area contributed by atoms with Gasteiger partial charge in [-0.1, -0.05) is 26.8 Å². The summed E-state index contributed by atoms with van der Waals surface area (Å²) in [5.41, 5.74) is 1.44. The highest BCUT2D eigenvalue weighted by Crippen LogP contribution is 2.38. The zero-order valence-electron chi connectivity index (χ0n) is 22.0. The predicted molar refractivity (Wildman–Crippen MR) is 142 cm³/mol. The van der Waals surface area contributed by atoms with Gasteiger partial charge in [0, 0.05) is 30.3 Å². The molecule has 0 saturated carbocycles. The molecule has 2 aromatic heterocycles. The third-order valence-corrected chi connectivity index (χ3v) is 8.40. The summed E-state index contributed by atoms with van der Waals surface area (Å²) in [6.45, 7) is 9.90. The molecule has 1 aromatic carbocycles.